The van der Waals surface area contributed by atoms with Gasteiger partial charge in [0.15, 0.2) is 0 Å². The van der Waals surface area contributed by atoms with Gasteiger partial charge in [0, 0.05) is 17.1 Å². The molecule has 1 aliphatic rings. The molecule has 0 saturated carbocycles. The first-order valence-corrected chi connectivity index (χ1v) is 7.66. The fraction of sp³-hybridized carbons (Fsp3) is 0.278. The second kappa shape index (κ2) is 5.90. The summed E-state index contributed by atoms with van der Waals surface area (Å²) in [5.41, 5.74) is 3.10. The average Bonchev–Trinajstić information content (AvgIpc) is 2.97. The van der Waals surface area contributed by atoms with Gasteiger partial charge in [0.1, 0.15) is 0 Å². The van der Waals surface area contributed by atoms with Crippen molar-refractivity contribution in [1.82, 2.24) is 4.90 Å². The minimum Gasteiger partial charge on any atom is -0.332 e. The Morgan fingerprint density at radius 3 is 2.43 bits per heavy atom. The van der Waals surface area contributed by atoms with Crippen molar-refractivity contribution in [3.05, 3.63) is 70.2 Å². The highest BCUT2D eigenvalue weighted by Crippen LogP contribution is 2.33. The van der Waals surface area contributed by atoms with Crippen LogP contribution in [0.2, 0.25) is 5.02 Å². The van der Waals surface area contributed by atoms with Crippen molar-refractivity contribution < 1.29 is 4.79 Å². The Bertz CT molecular complexity index is 633. The van der Waals surface area contributed by atoms with E-state index in [1.807, 2.05) is 60.4 Å². The molecule has 1 aliphatic heterocycles. The summed E-state index contributed by atoms with van der Waals surface area (Å²) in [6, 6.07) is 15.8. The number of likely N-dealkylation sites (tertiary alicyclic amines) is 1. The van der Waals surface area contributed by atoms with E-state index in [0.717, 1.165) is 35.5 Å². The highest BCUT2D eigenvalue weighted by atomic mass is 35.5. The Balaban J connectivity index is 1.85. The second-order valence-electron chi connectivity index (χ2n) is 5.57. The van der Waals surface area contributed by atoms with E-state index in [0.29, 0.717) is 0 Å². The fourth-order valence-electron chi connectivity index (χ4n) is 2.90. The van der Waals surface area contributed by atoms with Crippen LogP contribution in [0.5, 0.6) is 0 Å². The maximum atomic E-state index is 12.7. The van der Waals surface area contributed by atoms with Crippen molar-refractivity contribution in [2.24, 2.45) is 0 Å². The van der Waals surface area contributed by atoms with Crippen LogP contribution in [0.15, 0.2) is 48.5 Å². The molecule has 1 amide bonds. The van der Waals surface area contributed by atoms with E-state index in [1.54, 1.807) is 0 Å². The van der Waals surface area contributed by atoms with Gasteiger partial charge in [-0.2, -0.15) is 0 Å². The van der Waals surface area contributed by atoms with E-state index in [9.17, 15) is 4.79 Å². The van der Waals surface area contributed by atoms with Crippen LogP contribution in [0, 0.1) is 6.92 Å². The van der Waals surface area contributed by atoms with Gasteiger partial charge in [0.05, 0.1) is 6.04 Å². The van der Waals surface area contributed by atoms with Crippen LogP contribution >= 0.6 is 11.6 Å². The number of carbonyl (C=O) groups is 1. The zero-order chi connectivity index (χ0) is 14.8. The van der Waals surface area contributed by atoms with Crippen LogP contribution in [-0.2, 0) is 0 Å². The maximum Gasteiger partial charge on any atom is 0.254 e. The molecule has 21 heavy (non-hydrogen) atoms. The van der Waals surface area contributed by atoms with Crippen LogP contribution in [0.25, 0.3) is 0 Å². The quantitative estimate of drug-likeness (QED) is 0.792. The summed E-state index contributed by atoms with van der Waals surface area (Å²) < 4.78 is 0. The number of amides is 1. The van der Waals surface area contributed by atoms with Gasteiger partial charge in [-0.15, -0.1) is 0 Å². The number of rotatable bonds is 2. The lowest BCUT2D eigenvalue weighted by molar-refractivity contribution is 0.0735. The average molecular weight is 300 g/mol. The third-order valence-corrected chi connectivity index (χ3v) is 4.32. The number of halogens is 1. The molecule has 108 valence electrons. The number of aryl methyl sites for hydroxylation is 1. The molecule has 1 saturated heterocycles. The highest BCUT2D eigenvalue weighted by Gasteiger charge is 2.30. The highest BCUT2D eigenvalue weighted by molar-refractivity contribution is 6.30. The number of nitrogens with zero attached hydrogens (tertiary/aromatic N) is 1. The van der Waals surface area contributed by atoms with Crippen molar-refractivity contribution >= 4 is 17.5 Å². The first-order valence-electron chi connectivity index (χ1n) is 7.28. The third-order valence-electron chi connectivity index (χ3n) is 4.07. The summed E-state index contributed by atoms with van der Waals surface area (Å²) in [7, 11) is 0. The lowest BCUT2D eigenvalue weighted by atomic mass is 10.0. The lowest BCUT2D eigenvalue weighted by Crippen LogP contribution is -2.30. The third kappa shape index (κ3) is 2.96. The van der Waals surface area contributed by atoms with E-state index in [1.165, 1.54) is 5.56 Å². The Labute approximate surface area is 130 Å². The number of benzene rings is 2. The van der Waals surface area contributed by atoms with Crippen LogP contribution in [0.4, 0.5) is 0 Å². The number of hydrogen-bond donors (Lipinski definition) is 0. The molecular weight excluding hydrogens is 282 g/mol. The van der Waals surface area contributed by atoms with Gasteiger partial charge >= 0.3 is 0 Å². The van der Waals surface area contributed by atoms with Crippen molar-refractivity contribution in [3.8, 4) is 0 Å². The fourth-order valence-corrected chi connectivity index (χ4v) is 3.03. The number of carbonyl (C=O) groups excluding carboxylic acids is 1. The molecule has 1 fully saturated rings. The molecule has 0 aromatic heterocycles. The van der Waals surface area contributed by atoms with Crippen molar-refractivity contribution in [3.63, 3.8) is 0 Å². The van der Waals surface area contributed by atoms with E-state index >= 15 is 0 Å². The maximum absolute atomic E-state index is 12.7. The summed E-state index contributed by atoms with van der Waals surface area (Å²) in [6.07, 6.45) is 2.06. The molecule has 0 aliphatic carbocycles. The largest absolute Gasteiger partial charge is 0.332 e. The molecule has 3 rings (SSSR count). The molecule has 0 unspecified atom stereocenters. The molecule has 1 atom stereocenters. The Hall–Kier alpha value is -1.80. The summed E-state index contributed by atoms with van der Waals surface area (Å²) in [6.45, 7) is 2.85. The van der Waals surface area contributed by atoms with Crippen LogP contribution in [0.3, 0.4) is 0 Å². The predicted octanol–water partition coefficient (Wildman–Crippen LogP) is 4.63. The van der Waals surface area contributed by atoms with Gasteiger partial charge in [-0.25, -0.2) is 0 Å². The van der Waals surface area contributed by atoms with E-state index < -0.39 is 0 Å². The zero-order valence-electron chi connectivity index (χ0n) is 12.1. The lowest BCUT2D eigenvalue weighted by Gasteiger charge is -2.25. The van der Waals surface area contributed by atoms with Crippen molar-refractivity contribution in [2.45, 2.75) is 25.8 Å². The zero-order valence-corrected chi connectivity index (χ0v) is 12.8. The minimum absolute atomic E-state index is 0.118. The molecule has 3 heteroatoms. The summed E-state index contributed by atoms with van der Waals surface area (Å²) in [5, 5.41) is 0.730. The summed E-state index contributed by atoms with van der Waals surface area (Å²) in [5.74, 6) is 0.118. The van der Waals surface area contributed by atoms with Crippen LogP contribution < -0.4 is 0 Å². The SMILES string of the molecule is Cc1ccc(C(=O)N2CCC[C@H]2c2ccc(Cl)cc2)cc1. The first kappa shape index (κ1) is 14.2. The molecule has 1 heterocycles. The van der Waals surface area contributed by atoms with Crippen LogP contribution in [-0.4, -0.2) is 17.4 Å². The van der Waals surface area contributed by atoms with Gasteiger partial charge in [0.2, 0.25) is 0 Å². The van der Waals surface area contributed by atoms with Crippen LogP contribution in [0.1, 0.15) is 40.4 Å². The molecule has 2 aromatic rings. The number of hydrogen-bond acceptors (Lipinski definition) is 1. The first-order chi connectivity index (χ1) is 10.1. The molecule has 2 nitrogen and oxygen atoms in total. The van der Waals surface area contributed by atoms with Gasteiger partial charge in [0.25, 0.3) is 5.91 Å². The molecule has 2 aromatic carbocycles. The normalized spacial score (nSPS) is 18.0. The topological polar surface area (TPSA) is 20.3 Å². The van der Waals surface area contributed by atoms with Gasteiger partial charge in [-0.1, -0.05) is 41.4 Å². The van der Waals surface area contributed by atoms with Crippen molar-refractivity contribution in [2.75, 3.05) is 6.54 Å². The van der Waals surface area contributed by atoms with E-state index in [4.69, 9.17) is 11.6 Å². The smallest absolute Gasteiger partial charge is 0.254 e. The summed E-state index contributed by atoms with van der Waals surface area (Å²) in [4.78, 5) is 14.7. The molecule has 0 N–H and O–H groups in total. The van der Waals surface area contributed by atoms with E-state index in [-0.39, 0.29) is 11.9 Å². The Kier molecular flexibility index (Phi) is 3.98. The molecule has 0 radical (unpaired) electrons. The Morgan fingerprint density at radius 2 is 1.76 bits per heavy atom. The molecule has 0 spiro atoms. The molecule has 0 bridgehead atoms. The van der Waals surface area contributed by atoms with Gasteiger partial charge in [-0.3, -0.25) is 4.79 Å². The Morgan fingerprint density at radius 1 is 1.10 bits per heavy atom. The predicted molar refractivity (Wildman–Crippen MR) is 85.6 cm³/mol. The second-order valence-corrected chi connectivity index (χ2v) is 6.01. The van der Waals surface area contributed by atoms with Gasteiger partial charge < -0.3 is 4.90 Å². The van der Waals surface area contributed by atoms with Crippen molar-refractivity contribution in [1.29, 1.82) is 0 Å². The van der Waals surface area contributed by atoms with Gasteiger partial charge in [-0.05, 0) is 49.6 Å². The summed E-state index contributed by atoms with van der Waals surface area (Å²) >= 11 is 5.95. The van der Waals surface area contributed by atoms with E-state index in [2.05, 4.69) is 0 Å². The minimum atomic E-state index is 0.118. The monoisotopic (exact) mass is 299 g/mol. The molecular formula is C18H18ClNO. The standard InChI is InChI=1S/C18H18ClNO/c1-13-4-6-15(7-5-13)18(21)20-12-2-3-17(20)14-8-10-16(19)11-9-14/h4-11,17H,2-3,12H2,1H3/t17-/m0/s1.